The lowest BCUT2D eigenvalue weighted by atomic mass is 9.93. The third-order valence-corrected chi connectivity index (χ3v) is 3.59. The summed E-state index contributed by atoms with van der Waals surface area (Å²) in [6.07, 6.45) is 0. The van der Waals surface area contributed by atoms with Crippen LogP contribution in [0.15, 0.2) is 46.9 Å². The Kier molecular flexibility index (Phi) is 4.42. The molecule has 1 heterocycles. The van der Waals surface area contributed by atoms with E-state index in [1.54, 1.807) is 0 Å². The van der Waals surface area contributed by atoms with E-state index in [-0.39, 0.29) is 6.61 Å². The van der Waals surface area contributed by atoms with Gasteiger partial charge in [-0.05, 0) is 47.2 Å². The summed E-state index contributed by atoms with van der Waals surface area (Å²) < 4.78 is 6.37. The zero-order chi connectivity index (χ0) is 13.0. The molecule has 0 fully saturated rings. The van der Waals surface area contributed by atoms with Gasteiger partial charge in [0.15, 0.2) is 3.77 Å². The lowest BCUT2D eigenvalue weighted by Crippen LogP contribution is -2.42. The molecule has 1 aromatic carbocycles. The molecule has 0 aliphatic rings. The Labute approximate surface area is 120 Å². The molecule has 0 saturated heterocycles. The summed E-state index contributed by atoms with van der Waals surface area (Å²) in [5.74, 6) is 0.870. The van der Waals surface area contributed by atoms with Gasteiger partial charge in [0.05, 0.1) is 18.7 Å². The first-order valence-corrected chi connectivity index (χ1v) is 6.87. The van der Waals surface area contributed by atoms with Crippen LogP contribution in [-0.4, -0.2) is 11.7 Å². The van der Waals surface area contributed by atoms with Gasteiger partial charge in [0, 0.05) is 0 Å². The van der Waals surface area contributed by atoms with E-state index in [2.05, 4.69) is 27.9 Å². The molecule has 0 aliphatic carbocycles. The van der Waals surface area contributed by atoms with Gasteiger partial charge in [0.1, 0.15) is 5.76 Å². The maximum absolute atomic E-state index is 9.63. The molecule has 3 nitrogen and oxygen atoms in total. The van der Waals surface area contributed by atoms with Crippen molar-refractivity contribution in [2.75, 3.05) is 6.61 Å². The van der Waals surface area contributed by atoms with E-state index < -0.39 is 5.54 Å². The first kappa shape index (κ1) is 13.6. The van der Waals surface area contributed by atoms with Gasteiger partial charge < -0.3 is 9.52 Å². The predicted octanol–water partition coefficient (Wildman–Crippen LogP) is 2.88. The lowest BCUT2D eigenvalue weighted by molar-refractivity contribution is 0.170. The monoisotopic (exact) mass is 357 g/mol. The van der Waals surface area contributed by atoms with E-state index in [9.17, 15) is 5.11 Å². The smallest absolute Gasteiger partial charge is 0.164 e. The van der Waals surface area contributed by atoms with Crippen LogP contribution in [-0.2, 0) is 12.1 Å². The number of rotatable bonds is 5. The van der Waals surface area contributed by atoms with Crippen LogP contribution in [0.4, 0.5) is 0 Å². The fourth-order valence-electron chi connectivity index (χ4n) is 1.78. The number of hydrogen-bond acceptors (Lipinski definition) is 3. The standard InChI is InChI=1S/C14H16INO2/c1-14(10-17,11-5-3-2-4-6-11)16-9-12-7-8-13(15)18-12/h2-8,16-17H,9-10H2,1H3. The van der Waals surface area contributed by atoms with Gasteiger partial charge in [-0.25, -0.2) is 0 Å². The van der Waals surface area contributed by atoms with Crippen LogP contribution < -0.4 is 5.32 Å². The second-order valence-electron chi connectivity index (χ2n) is 4.42. The molecule has 1 aromatic heterocycles. The van der Waals surface area contributed by atoms with Crippen LogP contribution in [0.5, 0.6) is 0 Å². The summed E-state index contributed by atoms with van der Waals surface area (Å²) in [5.41, 5.74) is 0.605. The Bertz CT molecular complexity index is 498. The predicted molar refractivity (Wildman–Crippen MR) is 79.1 cm³/mol. The topological polar surface area (TPSA) is 45.4 Å². The number of halogens is 1. The van der Waals surface area contributed by atoms with Gasteiger partial charge in [0.25, 0.3) is 0 Å². The number of nitrogens with one attached hydrogen (secondary N) is 1. The summed E-state index contributed by atoms with van der Waals surface area (Å²) in [4.78, 5) is 0. The fraction of sp³-hybridized carbons (Fsp3) is 0.286. The summed E-state index contributed by atoms with van der Waals surface area (Å²) in [6, 6.07) is 13.8. The third kappa shape index (κ3) is 3.13. The summed E-state index contributed by atoms with van der Waals surface area (Å²) in [7, 11) is 0. The van der Waals surface area contributed by atoms with E-state index in [1.165, 1.54) is 0 Å². The second kappa shape index (κ2) is 5.86. The third-order valence-electron chi connectivity index (χ3n) is 3.01. The second-order valence-corrected chi connectivity index (χ2v) is 5.48. The molecule has 1 unspecified atom stereocenters. The van der Waals surface area contributed by atoms with E-state index in [0.29, 0.717) is 6.54 Å². The van der Waals surface area contributed by atoms with Crippen LogP contribution in [0.1, 0.15) is 18.2 Å². The molecule has 18 heavy (non-hydrogen) atoms. The molecule has 2 N–H and O–H groups in total. The quantitative estimate of drug-likeness (QED) is 0.809. The number of furan rings is 1. The van der Waals surface area contributed by atoms with E-state index in [4.69, 9.17) is 4.42 Å². The van der Waals surface area contributed by atoms with E-state index in [0.717, 1.165) is 15.1 Å². The number of aliphatic hydroxyl groups excluding tert-OH is 1. The largest absolute Gasteiger partial charge is 0.454 e. The molecule has 0 bridgehead atoms. The SMILES string of the molecule is CC(CO)(NCc1ccc(I)o1)c1ccccc1. The normalized spacial score (nSPS) is 14.4. The average molecular weight is 357 g/mol. The minimum Gasteiger partial charge on any atom is -0.454 e. The fourth-order valence-corrected chi connectivity index (χ4v) is 2.25. The molecule has 0 amide bonds. The molecule has 2 rings (SSSR count). The van der Waals surface area contributed by atoms with Crippen molar-refractivity contribution >= 4 is 22.6 Å². The molecule has 2 aromatic rings. The van der Waals surface area contributed by atoms with Crippen molar-refractivity contribution in [1.29, 1.82) is 0 Å². The van der Waals surface area contributed by atoms with Crippen molar-refractivity contribution in [2.45, 2.75) is 19.0 Å². The molecule has 0 radical (unpaired) electrons. The van der Waals surface area contributed by atoms with Gasteiger partial charge in [-0.2, -0.15) is 0 Å². The molecule has 96 valence electrons. The minimum atomic E-state index is -0.459. The first-order valence-electron chi connectivity index (χ1n) is 5.80. The van der Waals surface area contributed by atoms with Gasteiger partial charge >= 0.3 is 0 Å². The van der Waals surface area contributed by atoms with E-state index >= 15 is 0 Å². The number of hydrogen-bond donors (Lipinski definition) is 2. The van der Waals surface area contributed by atoms with Gasteiger partial charge in [-0.3, -0.25) is 5.32 Å². The summed E-state index contributed by atoms with van der Waals surface area (Å²) in [6.45, 7) is 2.61. The molecule has 0 aliphatic heterocycles. The molecule has 0 spiro atoms. The van der Waals surface area contributed by atoms with Crippen LogP contribution in [0.25, 0.3) is 0 Å². The van der Waals surface area contributed by atoms with Crippen LogP contribution in [0.3, 0.4) is 0 Å². The Balaban J connectivity index is 2.09. The number of aliphatic hydroxyl groups is 1. The Morgan fingerprint density at radius 2 is 1.94 bits per heavy atom. The zero-order valence-corrected chi connectivity index (χ0v) is 12.3. The average Bonchev–Trinajstić information content (AvgIpc) is 2.83. The molecular formula is C14H16INO2. The highest BCUT2D eigenvalue weighted by Gasteiger charge is 2.25. The van der Waals surface area contributed by atoms with Crippen molar-refractivity contribution in [3.05, 3.63) is 57.6 Å². The maximum Gasteiger partial charge on any atom is 0.164 e. The Hall–Kier alpha value is -0.850. The first-order chi connectivity index (χ1) is 8.64. The molecule has 1 atom stereocenters. The molecule has 4 heteroatoms. The zero-order valence-electron chi connectivity index (χ0n) is 10.2. The summed E-state index contributed by atoms with van der Waals surface area (Å²) in [5, 5.41) is 13.0. The van der Waals surface area contributed by atoms with Crippen molar-refractivity contribution < 1.29 is 9.52 Å². The maximum atomic E-state index is 9.63. The summed E-state index contributed by atoms with van der Waals surface area (Å²) >= 11 is 2.14. The Morgan fingerprint density at radius 3 is 2.50 bits per heavy atom. The highest BCUT2D eigenvalue weighted by atomic mass is 127. The van der Waals surface area contributed by atoms with Crippen LogP contribution in [0.2, 0.25) is 0 Å². The number of benzene rings is 1. The van der Waals surface area contributed by atoms with Crippen molar-refractivity contribution in [2.24, 2.45) is 0 Å². The minimum absolute atomic E-state index is 0.0365. The van der Waals surface area contributed by atoms with Crippen molar-refractivity contribution in [1.82, 2.24) is 5.32 Å². The highest BCUT2D eigenvalue weighted by Crippen LogP contribution is 2.21. The van der Waals surface area contributed by atoms with Gasteiger partial charge in [-0.15, -0.1) is 0 Å². The molecule has 0 saturated carbocycles. The highest BCUT2D eigenvalue weighted by molar-refractivity contribution is 14.1. The van der Waals surface area contributed by atoms with Crippen molar-refractivity contribution in [3.63, 3.8) is 0 Å². The van der Waals surface area contributed by atoms with Crippen LogP contribution >= 0.6 is 22.6 Å². The van der Waals surface area contributed by atoms with Gasteiger partial charge in [0.2, 0.25) is 0 Å². The Morgan fingerprint density at radius 1 is 1.22 bits per heavy atom. The van der Waals surface area contributed by atoms with Crippen molar-refractivity contribution in [3.8, 4) is 0 Å². The van der Waals surface area contributed by atoms with E-state index in [1.807, 2.05) is 49.4 Å². The van der Waals surface area contributed by atoms with Gasteiger partial charge in [-0.1, -0.05) is 30.3 Å². The van der Waals surface area contributed by atoms with Crippen LogP contribution in [0, 0.1) is 3.77 Å². The lowest BCUT2D eigenvalue weighted by Gasteiger charge is -2.29. The molecular weight excluding hydrogens is 341 g/mol.